The van der Waals surface area contributed by atoms with E-state index in [4.69, 9.17) is 4.74 Å². The molecule has 0 radical (unpaired) electrons. The SMILES string of the molecule is CN=C(NCCOc1ncccc1C(F)(F)F)NCc1ncnn1C.I. The number of aliphatic imine (C=N–C) groups is 1. The van der Waals surface area contributed by atoms with Gasteiger partial charge < -0.3 is 15.4 Å². The molecule has 2 N–H and O–H groups in total. The first-order valence-corrected chi connectivity index (χ1v) is 7.34. The number of ether oxygens (including phenoxy) is 1. The zero-order valence-corrected chi connectivity index (χ0v) is 16.4. The predicted octanol–water partition coefficient (Wildman–Crippen LogP) is 1.59. The molecule has 0 saturated carbocycles. The Kier molecular flexibility index (Phi) is 8.54. The van der Waals surface area contributed by atoms with Gasteiger partial charge in [0, 0.05) is 20.3 Å². The van der Waals surface area contributed by atoms with Crippen molar-refractivity contribution in [2.75, 3.05) is 20.2 Å². The van der Waals surface area contributed by atoms with Crippen LogP contribution in [0.1, 0.15) is 11.4 Å². The summed E-state index contributed by atoms with van der Waals surface area (Å²) in [5.74, 6) is 0.727. The molecule has 2 aromatic rings. The van der Waals surface area contributed by atoms with Gasteiger partial charge in [-0.15, -0.1) is 24.0 Å². The molecule has 0 aliphatic rings. The molecule has 0 atom stereocenters. The number of aryl methyl sites for hydroxylation is 1. The number of guanidine groups is 1. The average Bonchev–Trinajstić information content (AvgIpc) is 2.99. The minimum atomic E-state index is -4.51. The van der Waals surface area contributed by atoms with Crippen molar-refractivity contribution in [2.24, 2.45) is 12.0 Å². The van der Waals surface area contributed by atoms with Gasteiger partial charge in [-0.25, -0.2) is 9.97 Å². The highest BCUT2D eigenvalue weighted by Gasteiger charge is 2.34. The van der Waals surface area contributed by atoms with Crippen molar-refractivity contribution in [3.63, 3.8) is 0 Å². The summed E-state index contributed by atoms with van der Waals surface area (Å²) in [7, 11) is 3.34. The topological polar surface area (TPSA) is 89.2 Å². The van der Waals surface area contributed by atoms with E-state index in [0.717, 1.165) is 6.07 Å². The smallest absolute Gasteiger partial charge is 0.421 e. The van der Waals surface area contributed by atoms with E-state index < -0.39 is 17.6 Å². The third-order valence-electron chi connectivity index (χ3n) is 3.15. The first-order valence-electron chi connectivity index (χ1n) is 7.34. The van der Waals surface area contributed by atoms with Crippen molar-refractivity contribution < 1.29 is 17.9 Å². The lowest BCUT2D eigenvalue weighted by Gasteiger charge is -2.14. The van der Waals surface area contributed by atoms with Crippen LogP contribution in [-0.2, 0) is 19.8 Å². The van der Waals surface area contributed by atoms with Gasteiger partial charge in [0.2, 0.25) is 5.88 Å². The largest absolute Gasteiger partial charge is 0.475 e. The van der Waals surface area contributed by atoms with Gasteiger partial charge in [-0.3, -0.25) is 9.67 Å². The maximum atomic E-state index is 12.8. The highest BCUT2D eigenvalue weighted by Crippen LogP contribution is 2.34. The van der Waals surface area contributed by atoms with Gasteiger partial charge in [0.1, 0.15) is 24.3 Å². The lowest BCUT2D eigenvalue weighted by molar-refractivity contribution is -0.139. The fourth-order valence-electron chi connectivity index (χ4n) is 1.90. The maximum Gasteiger partial charge on any atom is 0.421 e. The third kappa shape index (κ3) is 6.31. The van der Waals surface area contributed by atoms with Crippen molar-refractivity contribution in [3.05, 3.63) is 36.0 Å². The van der Waals surface area contributed by atoms with Crippen LogP contribution in [0.2, 0.25) is 0 Å². The van der Waals surface area contributed by atoms with Gasteiger partial charge in [-0.05, 0) is 12.1 Å². The Labute approximate surface area is 165 Å². The van der Waals surface area contributed by atoms with Crippen molar-refractivity contribution in [3.8, 4) is 5.88 Å². The van der Waals surface area contributed by atoms with E-state index in [1.165, 1.54) is 18.6 Å². The van der Waals surface area contributed by atoms with Gasteiger partial charge in [0.15, 0.2) is 5.96 Å². The van der Waals surface area contributed by atoms with Crippen molar-refractivity contribution in [2.45, 2.75) is 12.7 Å². The summed E-state index contributed by atoms with van der Waals surface area (Å²) in [5, 5.41) is 9.88. The van der Waals surface area contributed by atoms with Crippen LogP contribution in [0.4, 0.5) is 13.2 Å². The number of nitrogens with one attached hydrogen (secondary N) is 2. The van der Waals surface area contributed by atoms with Crippen LogP contribution in [0.15, 0.2) is 29.6 Å². The van der Waals surface area contributed by atoms with Gasteiger partial charge in [0.05, 0.1) is 13.1 Å². The first-order chi connectivity index (χ1) is 11.9. The number of alkyl halides is 3. The highest BCUT2D eigenvalue weighted by atomic mass is 127. The molecule has 0 fully saturated rings. The molecular weight excluding hydrogens is 466 g/mol. The zero-order valence-electron chi connectivity index (χ0n) is 14.1. The quantitative estimate of drug-likeness (QED) is 0.280. The monoisotopic (exact) mass is 485 g/mol. The number of aromatic nitrogens is 4. The van der Waals surface area contributed by atoms with Crippen molar-refractivity contribution in [1.82, 2.24) is 30.4 Å². The molecular formula is C14H19F3IN7O. The molecule has 8 nitrogen and oxygen atoms in total. The van der Waals surface area contributed by atoms with Gasteiger partial charge >= 0.3 is 6.18 Å². The Morgan fingerprint density at radius 2 is 2.08 bits per heavy atom. The minimum absolute atomic E-state index is 0. The molecule has 0 bridgehead atoms. The summed E-state index contributed by atoms with van der Waals surface area (Å²) < 4.78 is 45.2. The number of nitrogens with zero attached hydrogens (tertiary/aromatic N) is 5. The highest BCUT2D eigenvalue weighted by molar-refractivity contribution is 14.0. The van der Waals surface area contributed by atoms with Crippen LogP contribution in [-0.4, -0.2) is 45.9 Å². The number of pyridine rings is 1. The molecule has 0 aliphatic heterocycles. The van der Waals surface area contributed by atoms with E-state index in [2.05, 4.69) is 30.7 Å². The van der Waals surface area contributed by atoms with Crippen molar-refractivity contribution >= 4 is 29.9 Å². The van der Waals surface area contributed by atoms with Crippen LogP contribution < -0.4 is 15.4 Å². The summed E-state index contributed by atoms with van der Waals surface area (Å²) in [6, 6.07) is 2.14. The molecule has 144 valence electrons. The lowest BCUT2D eigenvalue weighted by Crippen LogP contribution is -2.39. The van der Waals surface area contributed by atoms with E-state index in [-0.39, 0.29) is 37.1 Å². The summed E-state index contributed by atoms with van der Waals surface area (Å²) >= 11 is 0. The average molecular weight is 485 g/mol. The molecule has 0 spiro atoms. The van der Waals surface area contributed by atoms with E-state index in [1.807, 2.05) is 0 Å². The van der Waals surface area contributed by atoms with Gasteiger partial charge in [-0.2, -0.15) is 18.3 Å². The molecule has 0 aromatic carbocycles. The standard InChI is InChI=1S/C14H18F3N7O.HI/c1-18-13(21-8-11-22-9-23-24(11)2)20-6-7-25-12-10(14(15,16)17)4-3-5-19-12;/h3-5,9H,6-8H2,1-2H3,(H2,18,20,21);1H. The summed E-state index contributed by atoms with van der Waals surface area (Å²) in [6.45, 7) is 0.632. The Bertz CT molecular complexity index is 721. The molecule has 0 amide bonds. The van der Waals surface area contributed by atoms with Crippen LogP contribution in [0.3, 0.4) is 0 Å². The molecule has 2 heterocycles. The number of rotatable bonds is 6. The fraction of sp³-hybridized carbons (Fsp3) is 0.429. The second-order valence-corrected chi connectivity index (χ2v) is 4.85. The van der Waals surface area contributed by atoms with Crippen LogP contribution >= 0.6 is 24.0 Å². The summed E-state index contributed by atoms with van der Waals surface area (Å²) in [4.78, 5) is 11.7. The molecule has 0 aliphatic carbocycles. The Morgan fingerprint density at radius 3 is 2.69 bits per heavy atom. The van der Waals surface area contributed by atoms with Crippen molar-refractivity contribution in [1.29, 1.82) is 0 Å². The third-order valence-corrected chi connectivity index (χ3v) is 3.15. The number of hydrogen-bond acceptors (Lipinski definition) is 5. The maximum absolute atomic E-state index is 12.8. The Hall–Kier alpha value is -2.12. The lowest BCUT2D eigenvalue weighted by atomic mass is 10.2. The van der Waals surface area contributed by atoms with E-state index in [9.17, 15) is 13.2 Å². The number of hydrogen-bond donors (Lipinski definition) is 2. The van der Waals surface area contributed by atoms with E-state index in [0.29, 0.717) is 18.3 Å². The molecule has 0 unspecified atom stereocenters. The second-order valence-electron chi connectivity index (χ2n) is 4.85. The molecule has 12 heteroatoms. The first kappa shape index (κ1) is 21.9. The molecule has 2 rings (SSSR count). The van der Waals surface area contributed by atoms with E-state index >= 15 is 0 Å². The molecule has 0 saturated heterocycles. The normalized spacial score (nSPS) is 11.7. The number of halogens is 4. The Morgan fingerprint density at radius 1 is 1.31 bits per heavy atom. The van der Waals surface area contributed by atoms with Crippen LogP contribution in [0.25, 0.3) is 0 Å². The zero-order chi connectivity index (χ0) is 18.3. The Balaban J connectivity index is 0.00000338. The second kappa shape index (κ2) is 10.1. The van der Waals surface area contributed by atoms with Gasteiger partial charge in [-0.1, -0.05) is 0 Å². The molecule has 2 aromatic heterocycles. The van der Waals surface area contributed by atoms with Crippen LogP contribution in [0.5, 0.6) is 5.88 Å². The summed E-state index contributed by atoms with van der Waals surface area (Å²) in [5.41, 5.74) is -0.903. The van der Waals surface area contributed by atoms with Gasteiger partial charge in [0.25, 0.3) is 0 Å². The minimum Gasteiger partial charge on any atom is -0.475 e. The summed E-state index contributed by atoms with van der Waals surface area (Å²) in [6.07, 6.45) is -1.82. The van der Waals surface area contributed by atoms with E-state index in [1.54, 1.807) is 18.8 Å². The fourth-order valence-corrected chi connectivity index (χ4v) is 1.90. The predicted molar refractivity (Wildman–Crippen MR) is 99.4 cm³/mol. The molecule has 26 heavy (non-hydrogen) atoms. The van der Waals surface area contributed by atoms with Crippen LogP contribution in [0, 0.1) is 0 Å².